The second kappa shape index (κ2) is 7.82. The SMILES string of the molecule is CSC(CO)C(C)NC(=O)C(C#N)c1ccccc1. The number of carbonyl (C=O) groups is 1. The number of aliphatic hydroxyl groups excluding tert-OH is 1. The van der Waals surface area contributed by atoms with Gasteiger partial charge in [0.15, 0.2) is 0 Å². The van der Waals surface area contributed by atoms with Gasteiger partial charge in [0.2, 0.25) is 5.91 Å². The lowest BCUT2D eigenvalue weighted by Crippen LogP contribution is -2.43. The fraction of sp³-hybridized carbons (Fsp3) is 0.429. The molecule has 102 valence electrons. The van der Waals surface area contributed by atoms with E-state index in [-0.39, 0.29) is 23.8 Å². The summed E-state index contributed by atoms with van der Waals surface area (Å²) in [5.41, 5.74) is 0.680. The number of hydrogen-bond acceptors (Lipinski definition) is 4. The minimum absolute atomic E-state index is 0.00876. The molecule has 0 aromatic heterocycles. The van der Waals surface area contributed by atoms with Crippen molar-refractivity contribution in [1.29, 1.82) is 5.26 Å². The molecule has 4 nitrogen and oxygen atoms in total. The standard InChI is InChI=1S/C14H18N2O2S/c1-10(13(9-17)19-2)16-14(18)12(8-15)11-6-4-3-5-7-11/h3-7,10,12-13,17H,9H2,1-2H3,(H,16,18). The van der Waals surface area contributed by atoms with Crippen LogP contribution in [-0.4, -0.2) is 35.2 Å². The third-order valence-corrected chi connectivity index (χ3v) is 4.10. The normalized spacial score (nSPS) is 15.1. The van der Waals surface area contributed by atoms with E-state index in [2.05, 4.69) is 5.32 Å². The maximum atomic E-state index is 12.1. The van der Waals surface area contributed by atoms with Crippen molar-refractivity contribution < 1.29 is 9.90 Å². The molecule has 0 heterocycles. The average Bonchev–Trinajstić information content (AvgIpc) is 2.42. The molecule has 1 rings (SSSR count). The van der Waals surface area contributed by atoms with Crippen LogP contribution in [0.4, 0.5) is 0 Å². The number of carbonyl (C=O) groups excluding carboxylic acids is 1. The Hall–Kier alpha value is -1.51. The van der Waals surface area contributed by atoms with Crippen molar-refractivity contribution in [3.8, 4) is 6.07 Å². The summed E-state index contributed by atoms with van der Waals surface area (Å²) in [6.45, 7) is 1.82. The number of nitriles is 1. The first-order valence-corrected chi connectivity index (χ1v) is 7.31. The van der Waals surface area contributed by atoms with E-state index in [0.717, 1.165) is 0 Å². The molecule has 0 spiro atoms. The maximum absolute atomic E-state index is 12.1. The Morgan fingerprint density at radius 1 is 1.47 bits per heavy atom. The highest BCUT2D eigenvalue weighted by atomic mass is 32.2. The Kier molecular flexibility index (Phi) is 6.40. The zero-order valence-corrected chi connectivity index (χ0v) is 11.9. The highest BCUT2D eigenvalue weighted by molar-refractivity contribution is 7.99. The van der Waals surface area contributed by atoms with Crippen LogP contribution in [0.1, 0.15) is 18.4 Å². The molecule has 1 aromatic carbocycles. The summed E-state index contributed by atoms with van der Waals surface area (Å²) in [6, 6.07) is 10.8. The van der Waals surface area contributed by atoms with Gasteiger partial charge in [0.05, 0.1) is 12.7 Å². The van der Waals surface area contributed by atoms with Crippen molar-refractivity contribution in [2.45, 2.75) is 24.1 Å². The lowest BCUT2D eigenvalue weighted by atomic mass is 9.99. The third-order valence-electron chi connectivity index (χ3n) is 2.93. The predicted octanol–water partition coefficient (Wildman–Crippen LogP) is 1.52. The molecule has 5 heteroatoms. The first kappa shape index (κ1) is 15.5. The van der Waals surface area contributed by atoms with Gasteiger partial charge in [-0.15, -0.1) is 0 Å². The second-order valence-corrected chi connectivity index (χ2v) is 5.30. The van der Waals surface area contributed by atoms with E-state index in [9.17, 15) is 9.90 Å². The minimum Gasteiger partial charge on any atom is -0.395 e. The molecule has 0 bridgehead atoms. The summed E-state index contributed by atoms with van der Waals surface area (Å²) in [6.07, 6.45) is 1.88. The number of aliphatic hydroxyl groups is 1. The van der Waals surface area contributed by atoms with E-state index in [4.69, 9.17) is 5.26 Å². The van der Waals surface area contributed by atoms with Gasteiger partial charge in [-0.1, -0.05) is 30.3 Å². The van der Waals surface area contributed by atoms with Gasteiger partial charge in [-0.3, -0.25) is 4.79 Å². The molecule has 0 saturated heterocycles. The molecule has 0 radical (unpaired) electrons. The van der Waals surface area contributed by atoms with Gasteiger partial charge in [0, 0.05) is 11.3 Å². The van der Waals surface area contributed by atoms with Crippen molar-refractivity contribution >= 4 is 17.7 Å². The first-order chi connectivity index (χ1) is 9.13. The predicted molar refractivity (Wildman–Crippen MR) is 76.8 cm³/mol. The van der Waals surface area contributed by atoms with E-state index >= 15 is 0 Å². The molecular weight excluding hydrogens is 260 g/mol. The topological polar surface area (TPSA) is 73.1 Å². The number of nitrogens with one attached hydrogen (secondary N) is 1. The summed E-state index contributed by atoms with van der Waals surface area (Å²) < 4.78 is 0. The summed E-state index contributed by atoms with van der Waals surface area (Å²) in [5.74, 6) is -1.14. The summed E-state index contributed by atoms with van der Waals surface area (Å²) in [4.78, 5) is 12.1. The minimum atomic E-state index is -0.815. The molecule has 2 N–H and O–H groups in total. The highest BCUT2D eigenvalue weighted by Crippen LogP contribution is 2.16. The largest absolute Gasteiger partial charge is 0.395 e. The van der Waals surface area contributed by atoms with Gasteiger partial charge in [-0.25, -0.2) is 0 Å². The maximum Gasteiger partial charge on any atom is 0.242 e. The Labute approximate surface area is 117 Å². The van der Waals surface area contributed by atoms with Gasteiger partial charge in [-0.2, -0.15) is 17.0 Å². The number of thioether (sulfide) groups is 1. The van der Waals surface area contributed by atoms with Crippen molar-refractivity contribution in [2.75, 3.05) is 12.9 Å². The third kappa shape index (κ3) is 4.27. The van der Waals surface area contributed by atoms with Gasteiger partial charge >= 0.3 is 0 Å². The monoisotopic (exact) mass is 278 g/mol. The number of rotatable bonds is 6. The Balaban J connectivity index is 2.74. The number of amides is 1. The van der Waals surface area contributed by atoms with Crippen LogP contribution in [-0.2, 0) is 4.79 Å². The highest BCUT2D eigenvalue weighted by Gasteiger charge is 2.24. The molecular formula is C14H18N2O2S. The van der Waals surface area contributed by atoms with Crippen LogP contribution >= 0.6 is 11.8 Å². The molecule has 0 aliphatic carbocycles. The zero-order chi connectivity index (χ0) is 14.3. The average molecular weight is 278 g/mol. The smallest absolute Gasteiger partial charge is 0.242 e. The van der Waals surface area contributed by atoms with Gasteiger partial charge in [0.25, 0.3) is 0 Å². The lowest BCUT2D eigenvalue weighted by molar-refractivity contribution is -0.122. The lowest BCUT2D eigenvalue weighted by Gasteiger charge is -2.22. The Morgan fingerprint density at radius 3 is 2.58 bits per heavy atom. The van der Waals surface area contributed by atoms with Gasteiger partial charge < -0.3 is 10.4 Å². The molecule has 1 aromatic rings. The molecule has 0 saturated carbocycles. The van der Waals surface area contributed by atoms with Crippen molar-refractivity contribution in [1.82, 2.24) is 5.32 Å². The molecule has 3 atom stereocenters. The summed E-state index contributed by atoms with van der Waals surface area (Å²) in [7, 11) is 0. The fourth-order valence-electron chi connectivity index (χ4n) is 1.77. The molecule has 19 heavy (non-hydrogen) atoms. The van der Waals surface area contributed by atoms with Crippen LogP contribution in [0.25, 0.3) is 0 Å². The second-order valence-electron chi connectivity index (χ2n) is 4.23. The van der Waals surface area contributed by atoms with Crippen LogP contribution in [0.5, 0.6) is 0 Å². The molecule has 1 amide bonds. The van der Waals surface area contributed by atoms with Crippen LogP contribution in [0.3, 0.4) is 0 Å². The quantitative estimate of drug-likeness (QED) is 0.827. The van der Waals surface area contributed by atoms with Crippen LogP contribution < -0.4 is 5.32 Å². The van der Waals surface area contributed by atoms with Crippen molar-refractivity contribution in [3.63, 3.8) is 0 Å². The van der Waals surface area contributed by atoms with E-state index in [1.54, 1.807) is 24.3 Å². The Bertz CT molecular complexity index is 441. The van der Waals surface area contributed by atoms with Crippen molar-refractivity contribution in [3.05, 3.63) is 35.9 Å². The molecule has 0 fully saturated rings. The first-order valence-electron chi connectivity index (χ1n) is 6.02. The van der Waals surface area contributed by atoms with Crippen LogP contribution in [0.2, 0.25) is 0 Å². The van der Waals surface area contributed by atoms with E-state index in [1.807, 2.05) is 25.3 Å². The Morgan fingerprint density at radius 2 is 2.11 bits per heavy atom. The summed E-state index contributed by atoms with van der Waals surface area (Å²) in [5, 5.41) is 21.1. The summed E-state index contributed by atoms with van der Waals surface area (Å²) >= 11 is 1.49. The molecule has 0 aliphatic rings. The van der Waals surface area contributed by atoms with E-state index in [1.165, 1.54) is 11.8 Å². The number of nitrogens with zero attached hydrogens (tertiary/aromatic N) is 1. The van der Waals surface area contributed by atoms with E-state index in [0.29, 0.717) is 5.56 Å². The van der Waals surface area contributed by atoms with Crippen LogP contribution in [0.15, 0.2) is 30.3 Å². The van der Waals surface area contributed by atoms with E-state index < -0.39 is 5.92 Å². The molecule has 3 unspecified atom stereocenters. The zero-order valence-electron chi connectivity index (χ0n) is 11.0. The number of benzene rings is 1. The van der Waals surface area contributed by atoms with Gasteiger partial charge in [0.1, 0.15) is 5.92 Å². The van der Waals surface area contributed by atoms with Gasteiger partial charge in [-0.05, 0) is 18.7 Å². The molecule has 0 aliphatic heterocycles. The van der Waals surface area contributed by atoms with Crippen LogP contribution in [0, 0.1) is 11.3 Å². The van der Waals surface area contributed by atoms with Crippen molar-refractivity contribution in [2.24, 2.45) is 0 Å². The fourth-order valence-corrected chi connectivity index (χ4v) is 2.39. The number of hydrogen-bond donors (Lipinski definition) is 2.